The van der Waals surface area contributed by atoms with Crippen LogP contribution in [-0.2, 0) is 14.8 Å². The van der Waals surface area contributed by atoms with Crippen LogP contribution in [0.25, 0.3) is 0 Å². The van der Waals surface area contributed by atoms with E-state index in [-0.39, 0.29) is 17.4 Å². The van der Waals surface area contributed by atoms with Crippen molar-refractivity contribution in [1.29, 1.82) is 0 Å². The summed E-state index contributed by atoms with van der Waals surface area (Å²) in [6.45, 7) is 4.59. The number of benzene rings is 2. The Balaban J connectivity index is 1.60. The number of amides is 1. The second kappa shape index (κ2) is 8.65. The van der Waals surface area contributed by atoms with Crippen LogP contribution in [-0.4, -0.2) is 45.3 Å². The Labute approximate surface area is 171 Å². The van der Waals surface area contributed by atoms with Gasteiger partial charge in [-0.05, 0) is 56.2 Å². The lowest BCUT2D eigenvalue weighted by Gasteiger charge is -2.11. The summed E-state index contributed by atoms with van der Waals surface area (Å²) < 4.78 is 34.4. The number of hydrogen-bond donors (Lipinski definition) is 1. The third-order valence-electron chi connectivity index (χ3n) is 4.69. The van der Waals surface area contributed by atoms with Gasteiger partial charge in [0.2, 0.25) is 0 Å². The van der Waals surface area contributed by atoms with E-state index in [0.29, 0.717) is 23.7 Å². The number of nitrogens with zero attached hydrogens (tertiary/aromatic N) is 2. The second-order valence-corrected chi connectivity index (χ2v) is 8.74. The van der Waals surface area contributed by atoms with Gasteiger partial charge in [-0.3, -0.25) is 4.79 Å². The molecule has 0 saturated carbocycles. The van der Waals surface area contributed by atoms with Gasteiger partial charge < -0.3 is 15.0 Å². The minimum Gasteiger partial charge on any atom is -0.483 e. The Bertz CT molecular complexity index is 1030. The number of carbonyl (C=O) groups excluding carboxylic acids is 1. The number of aryl methyl sites for hydroxylation is 2. The fourth-order valence-corrected chi connectivity index (χ4v) is 4.21. The number of anilines is 1. The Morgan fingerprint density at radius 2 is 1.90 bits per heavy atom. The van der Waals surface area contributed by atoms with Crippen LogP contribution in [0.3, 0.4) is 0 Å². The summed E-state index contributed by atoms with van der Waals surface area (Å²) in [5, 5.41) is 2.70. The number of ether oxygens (including phenoxy) is 1. The first-order chi connectivity index (χ1) is 13.7. The van der Waals surface area contributed by atoms with E-state index in [1.54, 1.807) is 12.1 Å². The van der Waals surface area contributed by atoms with Crippen LogP contribution in [0.1, 0.15) is 24.0 Å². The molecule has 0 radical (unpaired) electrons. The largest absolute Gasteiger partial charge is 0.483 e. The van der Waals surface area contributed by atoms with Gasteiger partial charge in [0.15, 0.2) is 6.61 Å². The summed E-state index contributed by atoms with van der Waals surface area (Å²) in [5.41, 5.74) is 2.57. The fourth-order valence-electron chi connectivity index (χ4n) is 3.11. The van der Waals surface area contributed by atoms with Gasteiger partial charge in [0.05, 0.1) is 4.90 Å². The zero-order valence-corrected chi connectivity index (χ0v) is 17.6. The molecular weight excluding hydrogens is 390 g/mol. The summed E-state index contributed by atoms with van der Waals surface area (Å²) in [5.74, 6) is 0.905. The van der Waals surface area contributed by atoms with Gasteiger partial charge in [-0.2, -0.15) is 8.42 Å². The van der Waals surface area contributed by atoms with Crippen LogP contribution in [0.15, 0.2) is 51.8 Å². The van der Waals surface area contributed by atoms with Crippen molar-refractivity contribution in [2.24, 2.45) is 4.40 Å². The molecule has 2 aromatic rings. The molecule has 29 heavy (non-hydrogen) atoms. The van der Waals surface area contributed by atoms with Crippen LogP contribution in [0.5, 0.6) is 5.75 Å². The number of likely N-dealkylation sites (tertiary alicyclic amines) is 1. The lowest BCUT2D eigenvalue weighted by Crippen LogP contribution is -2.21. The quantitative estimate of drug-likeness (QED) is 0.783. The third-order valence-corrected chi connectivity index (χ3v) is 6.00. The molecule has 1 heterocycles. The maximum absolute atomic E-state index is 12.5. The number of amidine groups is 1. The van der Waals surface area contributed by atoms with Crippen molar-refractivity contribution in [3.8, 4) is 5.75 Å². The fraction of sp³-hybridized carbons (Fsp3) is 0.333. The summed E-state index contributed by atoms with van der Waals surface area (Å²) in [4.78, 5) is 14.1. The molecule has 154 valence electrons. The van der Waals surface area contributed by atoms with Gasteiger partial charge in [-0.1, -0.05) is 17.7 Å². The third kappa shape index (κ3) is 5.35. The van der Waals surface area contributed by atoms with Crippen molar-refractivity contribution in [2.45, 2.75) is 31.6 Å². The normalized spacial score (nSPS) is 15.6. The Hall–Kier alpha value is -2.87. The maximum Gasteiger partial charge on any atom is 0.283 e. The van der Waals surface area contributed by atoms with Gasteiger partial charge >= 0.3 is 0 Å². The number of rotatable bonds is 6. The van der Waals surface area contributed by atoms with E-state index in [9.17, 15) is 13.2 Å². The lowest BCUT2D eigenvalue weighted by molar-refractivity contribution is -0.118. The van der Waals surface area contributed by atoms with Crippen LogP contribution in [0.2, 0.25) is 0 Å². The molecule has 7 nitrogen and oxygen atoms in total. The minimum atomic E-state index is -3.77. The zero-order chi connectivity index (χ0) is 21.0. The van der Waals surface area contributed by atoms with Gasteiger partial charge in [0.25, 0.3) is 15.9 Å². The average Bonchev–Trinajstić information content (AvgIpc) is 3.05. The molecule has 1 saturated heterocycles. The Morgan fingerprint density at radius 3 is 2.52 bits per heavy atom. The number of sulfonamides is 1. The van der Waals surface area contributed by atoms with Gasteiger partial charge in [-0.15, -0.1) is 4.40 Å². The van der Waals surface area contributed by atoms with Crippen LogP contribution in [0.4, 0.5) is 5.69 Å². The smallest absolute Gasteiger partial charge is 0.283 e. The van der Waals surface area contributed by atoms with E-state index >= 15 is 0 Å². The standard InChI is InChI=1S/C21H25N3O4S/c1-15-6-11-19(16(2)13-15)28-14-21(25)22-17-7-9-18(10-8-17)29(26,27)23-20-5-4-12-24(20)3/h6-11,13H,4-5,12,14H2,1-3H3,(H,22,25)/b23-20+. The van der Waals surface area contributed by atoms with Crippen molar-refractivity contribution in [2.75, 3.05) is 25.5 Å². The predicted molar refractivity (Wildman–Crippen MR) is 113 cm³/mol. The first-order valence-electron chi connectivity index (χ1n) is 9.39. The molecule has 0 spiro atoms. The molecule has 0 unspecified atom stereocenters. The molecule has 1 N–H and O–H groups in total. The van der Waals surface area contributed by atoms with Gasteiger partial charge in [-0.25, -0.2) is 0 Å². The van der Waals surface area contributed by atoms with Crippen LogP contribution in [0, 0.1) is 13.8 Å². The summed E-state index contributed by atoms with van der Waals surface area (Å²) in [6, 6.07) is 11.7. The first kappa shape index (κ1) is 20.9. The first-order valence-corrected chi connectivity index (χ1v) is 10.8. The van der Waals surface area contributed by atoms with E-state index in [1.165, 1.54) is 12.1 Å². The van der Waals surface area contributed by atoms with E-state index in [2.05, 4.69) is 9.71 Å². The Morgan fingerprint density at radius 1 is 1.17 bits per heavy atom. The van der Waals surface area contributed by atoms with Crippen molar-refractivity contribution in [3.63, 3.8) is 0 Å². The van der Waals surface area contributed by atoms with Crippen molar-refractivity contribution in [3.05, 3.63) is 53.6 Å². The van der Waals surface area contributed by atoms with E-state index in [4.69, 9.17) is 4.74 Å². The van der Waals surface area contributed by atoms with Crippen molar-refractivity contribution < 1.29 is 17.9 Å². The zero-order valence-electron chi connectivity index (χ0n) is 16.8. The highest BCUT2D eigenvalue weighted by molar-refractivity contribution is 7.90. The van der Waals surface area contributed by atoms with Crippen LogP contribution < -0.4 is 10.1 Å². The summed E-state index contributed by atoms with van der Waals surface area (Å²) in [6.07, 6.45) is 1.56. The highest BCUT2D eigenvalue weighted by Crippen LogP contribution is 2.20. The number of carbonyl (C=O) groups is 1. The Kier molecular flexibility index (Phi) is 6.22. The monoisotopic (exact) mass is 415 g/mol. The highest BCUT2D eigenvalue weighted by Gasteiger charge is 2.20. The van der Waals surface area contributed by atoms with Crippen LogP contribution >= 0.6 is 0 Å². The molecule has 8 heteroatoms. The molecule has 3 rings (SSSR count). The van der Waals surface area contributed by atoms with E-state index in [0.717, 1.165) is 24.1 Å². The van der Waals surface area contributed by atoms with Gasteiger partial charge in [0.1, 0.15) is 11.6 Å². The average molecular weight is 416 g/mol. The molecule has 2 aromatic carbocycles. The van der Waals surface area contributed by atoms with E-state index in [1.807, 2.05) is 44.0 Å². The molecule has 1 aliphatic heterocycles. The van der Waals surface area contributed by atoms with E-state index < -0.39 is 10.0 Å². The molecular formula is C21H25N3O4S. The van der Waals surface area contributed by atoms with Gasteiger partial charge in [0, 0.05) is 25.7 Å². The molecule has 1 aliphatic rings. The van der Waals surface area contributed by atoms with Crippen molar-refractivity contribution >= 4 is 27.5 Å². The molecule has 1 fully saturated rings. The number of nitrogens with one attached hydrogen (secondary N) is 1. The SMILES string of the molecule is Cc1ccc(OCC(=O)Nc2ccc(S(=O)(=O)/N=C3\CCCN3C)cc2)c(C)c1. The molecule has 0 aliphatic carbocycles. The summed E-state index contributed by atoms with van der Waals surface area (Å²) >= 11 is 0. The summed E-state index contributed by atoms with van der Waals surface area (Å²) in [7, 11) is -1.93. The second-order valence-electron chi connectivity index (χ2n) is 7.14. The lowest BCUT2D eigenvalue weighted by atomic mass is 10.1. The topological polar surface area (TPSA) is 88.1 Å². The highest BCUT2D eigenvalue weighted by atomic mass is 32.2. The number of hydrogen-bond acceptors (Lipinski definition) is 4. The molecule has 0 bridgehead atoms. The molecule has 0 aromatic heterocycles. The molecule has 0 atom stereocenters. The minimum absolute atomic E-state index is 0.0924. The predicted octanol–water partition coefficient (Wildman–Crippen LogP) is 3.13. The van der Waals surface area contributed by atoms with Crippen molar-refractivity contribution in [1.82, 2.24) is 4.90 Å². The molecule has 1 amide bonds. The maximum atomic E-state index is 12.5.